The second kappa shape index (κ2) is 12.0. The Labute approximate surface area is 203 Å². The molecule has 2 fully saturated rings. The van der Waals surface area contributed by atoms with Gasteiger partial charge in [-0.3, -0.25) is 14.4 Å². The van der Waals surface area contributed by atoms with Crippen molar-refractivity contribution in [2.24, 2.45) is 5.92 Å². The highest BCUT2D eigenvalue weighted by molar-refractivity contribution is 5.93. The number of nitrogens with zero attached hydrogens (tertiary/aromatic N) is 1. The Hall–Kier alpha value is -3.38. The first kappa shape index (κ1) is 27.2. The predicted octanol–water partition coefficient (Wildman–Crippen LogP) is 2.94. The molecular weight excluding hydrogens is 492 g/mol. The zero-order valence-corrected chi connectivity index (χ0v) is 19.2. The molecule has 2 atom stereocenters. The number of likely N-dealkylation sites (tertiary alicyclic amines) is 1. The van der Waals surface area contributed by atoms with Gasteiger partial charge in [0.05, 0.1) is 12.3 Å². The molecule has 1 saturated carbocycles. The number of nitrogens with one attached hydrogen (secondary N) is 1. The van der Waals surface area contributed by atoms with Gasteiger partial charge in [0, 0.05) is 19.2 Å². The van der Waals surface area contributed by atoms with E-state index in [2.05, 4.69) is 10.1 Å². The van der Waals surface area contributed by atoms with Gasteiger partial charge in [0.25, 0.3) is 0 Å². The molecule has 0 spiro atoms. The number of rotatable bonds is 9. The lowest BCUT2D eigenvalue weighted by atomic mass is 9.96. The van der Waals surface area contributed by atoms with Crippen LogP contribution in [0.4, 0.5) is 22.4 Å². The van der Waals surface area contributed by atoms with Crippen molar-refractivity contribution in [1.82, 2.24) is 10.2 Å². The number of amides is 2. The molecule has 0 unspecified atom stereocenters. The molecule has 0 aromatic heterocycles. The molecular formula is C23H26F4N2O7. The van der Waals surface area contributed by atoms with Crippen molar-refractivity contribution in [2.75, 3.05) is 19.7 Å². The van der Waals surface area contributed by atoms with Gasteiger partial charge in [-0.2, -0.15) is 8.78 Å². The van der Waals surface area contributed by atoms with E-state index in [0.29, 0.717) is 19.4 Å². The zero-order valence-electron chi connectivity index (χ0n) is 19.2. The summed E-state index contributed by atoms with van der Waals surface area (Å²) in [4.78, 5) is 50.3. The summed E-state index contributed by atoms with van der Waals surface area (Å²) in [6.07, 6.45) is 2.75. The van der Waals surface area contributed by atoms with Crippen molar-refractivity contribution in [3.8, 4) is 5.75 Å². The largest absolute Gasteiger partial charge is 0.481 e. The van der Waals surface area contributed by atoms with E-state index in [0.717, 1.165) is 25.7 Å². The Balaban J connectivity index is 1.61. The van der Waals surface area contributed by atoms with Gasteiger partial charge >= 0.3 is 12.1 Å². The lowest BCUT2D eigenvalue weighted by Crippen LogP contribution is -2.51. The van der Waals surface area contributed by atoms with Crippen molar-refractivity contribution in [2.45, 2.75) is 57.1 Å². The first-order valence-electron chi connectivity index (χ1n) is 11.5. The minimum Gasteiger partial charge on any atom is -0.481 e. The van der Waals surface area contributed by atoms with Crippen LogP contribution < -0.4 is 10.1 Å². The Morgan fingerprint density at radius 3 is 2.28 bits per heavy atom. The van der Waals surface area contributed by atoms with E-state index in [9.17, 15) is 36.7 Å². The van der Waals surface area contributed by atoms with Crippen LogP contribution in [-0.2, 0) is 19.1 Å². The molecule has 0 bridgehead atoms. The maximum Gasteiger partial charge on any atom is 0.410 e. The number of carboxylic acids is 1. The monoisotopic (exact) mass is 518 g/mol. The van der Waals surface area contributed by atoms with Crippen LogP contribution in [0.25, 0.3) is 0 Å². The van der Waals surface area contributed by atoms with E-state index in [1.54, 1.807) is 0 Å². The number of piperidine rings is 1. The Morgan fingerprint density at radius 1 is 1.03 bits per heavy atom. The lowest BCUT2D eigenvalue weighted by molar-refractivity contribution is -0.141. The lowest BCUT2D eigenvalue weighted by Gasteiger charge is -2.32. The van der Waals surface area contributed by atoms with Crippen molar-refractivity contribution < 1.29 is 51.3 Å². The second-order valence-electron chi connectivity index (χ2n) is 8.79. The molecule has 2 amide bonds. The quantitative estimate of drug-likeness (QED) is 0.381. The summed E-state index contributed by atoms with van der Waals surface area (Å²) in [5, 5.41) is 11.4. The van der Waals surface area contributed by atoms with Crippen LogP contribution in [0.5, 0.6) is 5.75 Å². The Bertz CT molecular complexity index is 990. The summed E-state index contributed by atoms with van der Waals surface area (Å²) in [7, 11) is 0. The van der Waals surface area contributed by atoms with Gasteiger partial charge < -0.3 is 24.8 Å². The minimum absolute atomic E-state index is 0.000853. The SMILES string of the molecule is O=C(O)C[C@H](NC(=O)[C@@H]1CCCN(C(=O)OC2CCCC2)C1)C(=O)COc1c(F)c(F)cc(F)c1F. The number of ether oxygens (including phenoxy) is 2. The number of halogens is 4. The van der Waals surface area contributed by atoms with E-state index in [-0.39, 0.29) is 18.7 Å². The summed E-state index contributed by atoms with van der Waals surface area (Å²) in [5.41, 5.74) is 0. The summed E-state index contributed by atoms with van der Waals surface area (Å²) in [6.45, 7) is -0.789. The average Bonchev–Trinajstić information content (AvgIpc) is 3.35. The maximum atomic E-state index is 13.8. The van der Waals surface area contributed by atoms with Crippen LogP contribution in [0.1, 0.15) is 44.9 Å². The molecule has 1 aromatic rings. The van der Waals surface area contributed by atoms with Crippen molar-refractivity contribution in [3.63, 3.8) is 0 Å². The Morgan fingerprint density at radius 2 is 1.67 bits per heavy atom. The predicted molar refractivity (Wildman–Crippen MR) is 114 cm³/mol. The standard InChI is InChI=1S/C23H26F4N2O7/c24-14-8-15(25)20(27)21(19(14)26)35-11-17(30)16(9-18(31)32)28-22(33)12-4-3-7-29(10-12)23(34)36-13-5-1-2-6-13/h8,12-13,16H,1-7,9-11H2,(H,28,33)(H,31,32)/t12-,16+/m1/s1. The molecule has 3 rings (SSSR count). The van der Waals surface area contributed by atoms with E-state index >= 15 is 0 Å². The van der Waals surface area contributed by atoms with Gasteiger partial charge in [0.2, 0.25) is 17.5 Å². The van der Waals surface area contributed by atoms with Crippen LogP contribution >= 0.6 is 0 Å². The highest BCUT2D eigenvalue weighted by Gasteiger charge is 2.34. The second-order valence-corrected chi connectivity index (χ2v) is 8.79. The van der Waals surface area contributed by atoms with Gasteiger partial charge in [0.1, 0.15) is 18.8 Å². The molecule has 1 heterocycles. The van der Waals surface area contributed by atoms with Crippen molar-refractivity contribution in [3.05, 3.63) is 29.3 Å². The fourth-order valence-electron chi connectivity index (χ4n) is 4.21. The van der Waals surface area contributed by atoms with Gasteiger partial charge in [0.15, 0.2) is 23.2 Å². The highest BCUT2D eigenvalue weighted by atomic mass is 19.2. The van der Waals surface area contributed by atoms with E-state index in [1.807, 2.05) is 0 Å². The summed E-state index contributed by atoms with van der Waals surface area (Å²) >= 11 is 0. The topological polar surface area (TPSA) is 122 Å². The highest BCUT2D eigenvalue weighted by Crippen LogP contribution is 2.27. The maximum absolute atomic E-state index is 13.8. The number of ketones is 1. The number of aliphatic carboxylic acids is 1. The summed E-state index contributed by atoms with van der Waals surface area (Å²) in [5.74, 6) is -12.7. The van der Waals surface area contributed by atoms with Crippen molar-refractivity contribution in [1.29, 1.82) is 0 Å². The third-order valence-electron chi connectivity index (χ3n) is 6.13. The van der Waals surface area contributed by atoms with Crippen LogP contribution in [0, 0.1) is 29.2 Å². The number of hydrogen-bond acceptors (Lipinski definition) is 6. The van der Waals surface area contributed by atoms with Crippen molar-refractivity contribution >= 4 is 23.8 Å². The van der Waals surface area contributed by atoms with Gasteiger partial charge in [-0.05, 0) is 38.5 Å². The number of hydrogen-bond donors (Lipinski definition) is 2. The first-order valence-corrected chi connectivity index (χ1v) is 11.5. The molecule has 13 heteroatoms. The smallest absolute Gasteiger partial charge is 0.410 e. The fourth-order valence-corrected chi connectivity index (χ4v) is 4.21. The average molecular weight is 518 g/mol. The van der Waals surface area contributed by atoms with Crippen LogP contribution in [0.2, 0.25) is 0 Å². The third-order valence-corrected chi connectivity index (χ3v) is 6.13. The molecule has 36 heavy (non-hydrogen) atoms. The number of benzene rings is 1. The molecule has 1 saturated heterocycles. The van der Waals surface area contributed by atoms with Gasteiger partial charge in [-0.1, -0.05) is 0 Å². The van der Waals surface area contributed by atoms with Crippen LogP contribution in [-0.4, -0.2) is 65.6 Å². The van der Waals surface area contributed by atoms with Gasteiger partial charge in [-0.15, -0.1) is 0 Å². The van der Waals surface area contributed by atoms with Gasteiger partial charge in [-0.25, -0.2) is 13.6 Å². The first-order chi connectivity index (χ1) is 17.1. The third kappa shape index (κ3) is 6.85. The number of carboxylic acid groups (broad SMARTS) is 1. The molecule has 9 nitrogen and oxygen atoms in total. The molecule has 1 aliphatic heterocycles. The normalized spacial score (nSPS) is 19.0. The molecule has 0 radical (unpaired) electrons. The van der Waals surface area contributed by atoms with Crippen LogP contribution in [0.15, 0.2) is 6.07 Å². The molecule has 198 valence electrons. The zero-order chi connectivity index (χ0) is 26.4. The van der Waals surface area contributed by atoms with E-state index in [4.69, 9.17) is 9.84 Å². The number of carbonyl (C=O) groups excluding carboxylic acids is 3. The molecule has 1 aromatic carbocycles. The number of Topliss-reactive ketones (excluding diaryl/α,β-unsaturated/α-hetero) is 1. The minimum atomic E-state index is -1.87. The van der Waals surface area contributed by atoms with E-state index < -0.39 is 77.8 Å². The summed E-state index contributed by atoms with van der Waals surface area (Å²) < 4.78 is 64.3. The fraction of sp³-hybridized carbons (Fsp3) is 0.565. The molecule has 2 aliphatic rings. The van der Waals surface area contributed by atoms with Crippen LogP contribution in [0.3, 0.4) is 0 Å². The van der Waals surface area contributed by atoms with E-state index in [1.165, 1.54) is 4.90 Å². The summed E-state index contributed by atoms with van der Waals surface area (Å²) in [6, 6.07) is -1.69. The molecule has 2 N–H and O–H groups in total. The number of carbonyl (C=O) groups is 4. The molecule has 1 aliphatic carbocycles. The Kier molecular flexibility index (Phi) is 9.10.